The number of benzene rings is 1. The summed E-state index contributed by atoms with van der Waals surface area (Å²) >= 11 is 0. The molecule has 0 radical (unpaired) electrons. The molecule has 6 heteroatoms. The van der Waals surface area contributed by atoms with Crippen LogP contribution in [0.4, 0.5) is 15.9 Å². The molecule has 1 aliphatic rings. The van der Waals surface area contributed by atoms with E-state index >= 15 is 0 Å². The third-order valence-electron chi connectivity index (χ3n) is 4.19. The molecular weight excluding hydrogens is 317 g/mol. The summed E-state index contributed by atoms with van der Waals surface area (Å²) in [7, 11) is 0. The highest BCUT2D eigenvalue weighted by atomic mass is 19.1. The first-order chi connectivity index (χ1) is 12.3. The Morgan fingerprint density at radius 3 is 2.72 bits per heavy atom. The van der Waals surface area contributed by atoms with Gasteiger partial charge in [-0.2, -0.15) is 0 Å². The quantitative estimate of drug-likeness (QED) is 0.758. The molecule has 0 unspecified atom stereocenters. The van der Waals surface area contributed by atoms with Crippen molar-refractivity contribution in [3.63, 3.8) is 0 Å². The van der Waals surface area contributed by atoms with Crippen molar-refractivity contribution in [2.45, 2.75) is 18.9 Å². The number of hydrogen-bond acceptors (Lipinski definition) is 5. The van der Waals surface area contributed by atoms with Crippen LogP contribution in [0.25, 0.3) is 11.3 Å². The Balaban J connectivity index is 1.73. The van der Waals surface area contributed by atoms with Gasteiger partial charge in [-0.15, -0.1) is 0 Å². The van der Waals surface area contributed by atoms with Gasteiger partial charge in [0.1, 0.15) is 17.5 Å². The van der Waals surface area contributed by atoms with Crippen molar-refractivity contribution in [2.24, 2.45) is 0 Å². The van der Waals surface area contributed by atoms with E-state index in [0.29, 0.717) is 11.5 Å². The molecule has 3 aromatic rings. The summed E-state index contributed by atoms with van der Waals surface area (Å²) in [4.78, 5) is 13.4. The van der Waals surface area contributed by atoms with Crippen LogP contribution >= 0.6 is 0 Å². The third kappa shape index (κ3) is 3.64. The lowest BCUT2D eigenvalue weighted by atomic mass is 10.1. The summed E-state index contributed by atoms with van der Waals surface area (Å²) in [6.07, 6.45) is 5.61. The number of hydrogen-bond donors (Lipinski definition) is 2. The van der Waals surface area contributed by atoms with Crippen LogP contribution in [0.5, 0.6) is 0 Å². The predicted molar refractivity (Wildman–Crippen MR) is 94.9 cm³/mol. The molecule has 1 aliphatic heterocycles. The van der Waals surface area contributed by atoms with Gasteiger partial charge in [-0.3, -0.25) is 4.98 Å². The van der Waals surface area contributed by atoms with E-state index in [1.165, 1.54) is 12.1 Å². The molecule has 1 atom stereocenters. The van der Waals surface area contributed by atoms with Gasteiger partial charge in [0.2, 0.25) is 0 Å². The van der Waals surface area contributed by atoms with Crippen molar-refractivity contribution in [1.29, 1.82) is 0 Å². The SMILES string of the molecule is Fc1cccc(Nc2cc(-c3ccncc3)nc([C@H]3CCCN3)n2)c1. The van der Waals surface area contributed by atoms with Gasteiger partial charge in [-0.1, -0.05) is 6.07 Å². The van der Waals surface area contributed by atoms with Gasteiger partial charge in [0.25, 0.3) is 0 Å². The first kappa shape index (κ1) is 15.7. The van der Waals surface area contributed by atoms with E-state index in [-0.39, 0.29) is 11.9 Å². The lowest BCUT2D eigenvalue weighted by Crippen LogP contribution is -2.16. The van der Waals surface area contributed by atoms with Crippen molar-refractivity contribution in [2.75, 3.05) is 11.9 Å². The van der Waals surface area contributed by atoms with Crippen molar-refractivity contribution >= 4 is 11.5 Å². The van der Waals surface area contributed by atoms with E-state index in [1.807, 2.05) is 24.3 Å². The minimum absolute atomic E-state index is 0.148. The minimum atomic E-state index is -0.286. The van der Waals surface area contributed by atoms with Gasteiger partial charge in [-0.05, 0) is 49.7 Å². The zero-order chi connectivity index (χ0) is 17.1. The molecule has 0 aliphatic carbocycles. The molecule has 1 fully saturated rings. The molecule has 0 saturated carbocycles. The lowest BCUT2D eigenvalue weighted by Gasteiger charge is -2.14. The Labute approximate surface area is 145 Å². The van der Waals surface area contributed by atoms with Crippen molar-refractivity contribution in [3.05, 3.63) is 66.5 Å². The molecule has 1 aromatic carbocycles. The smallest absolute Gasteiger partial charge is 0.148 e. The molecular formula is C19H18FN5. The minimum Gasteiger partial charge on any atom is -0.340 e. The van der Waals surface area contributed by atoms with Gasteiger partial charge < -0.3 is 10.6 Å². The number of aromatic nitrogens is 3. The Morgan fingerprint density at radius 2 is 1.96 bits per heavy atom. The lowest BCUT2D eigenvalue weighted by molar-refractivity contribution is 0.606. The van der Waals surface area contributed by atoms with Gasteiger partial charge in [0.15, 0.2) is 0 Å². The Hall–Kier alpha value is -2.86. The highest BCUT2D eigenvalue weighted by Crippen LogP contribution is 2.27. The topological polar surface area (TPSA) is 62.7 Å². The standard InChI is InChI=1S/C19H18FN5/c20-14-3-1-4-15(11-14)23-18-12-17(13-6-9-21-10-7-13)24-19(25-18)16-5-2-8-22-16/h1,3-4,6-7,9-12,16,22H,2,5,8H2,(H,23,24,25)/t16-/m1/s1. The van der Waals surface area contributed by atoms with E-state index in [0.717, 1.165) is 36.5 Å². The molecule has 25 heavy (non-hydrogen) atoms. The van der Waals surface area contributed by atoms with Crippen LogP contribution in [-0.4, -0.2) is 21.5 Å². The fraction of sp³-hybridized carbons (Fsp3) is 0.211. The largest absolute Gasteiger partial charge is 0.340 e. The van der Waals surface area contributed by atoms with Gasteiger partial charge in [0, 0.05) is 29.7 Å². The monoisotopic (exact) mass is 335 g/mol. The van der Waals surface area contributed by atoms with E-state index < -0.39 is 0 Å². The number of nitrogens with zero attached hydrogens (tertiary/aromatic N) is 3. The first-order valence-corrected chi connectivity index (χ1v) is 8.33. The van der Waals surface area contributed by atoms with Crippen molar-refractivity contribution < 1.29 is 4.39 Å². The molecule has 3 heterocycles. The molecule has 1 saturated heterocycles. The van der Waals surface area contributed by atoms with Crippen LogP contribution < -0.4 is 10.6 Å². The maximum absolute atomic E-state index is 13.4. The fourth-order valence-electron chi connectivity index (χ4n) is 2.98. The molecule has 0 spiro atoms. The van der Waals surface area contributed by atoms with Crippen molar-refractivity contribution in [3.8, 4) is 11.3 Å². The number of rotatable bonds is 4. The Bertz CT molecular complexity index is 863. The highest BCUT2D eigenvalue weighted by Gasteiger charge is 2.20. The van der Waals surface area contributed by atoms with Crippen LogP contribution in [0.1, 0.15) is 24.7 Å². The van der Waals surface area contributed by atoms with Crippen LogP contribution in [0, 0.1) is 5.82 Å². The van der Waals surface area contributed by atoms with Crippen LogP contribution in [0.15, 0.2) is 54.9 Å². The zero-order valence-electron chi connectivity index (χ0n) is 13.6. The van der Waals surface area contributed by atoms with E-state index in [9.17, 15) is 4.39 Å². The summed E-state index contributed by atoms with van der Waals surface area (Å²) in [5, 5.41) is 6.61. The predicted octanol–water partition coefficient (Wildman–Crippen LogP) is 3.85. The zero-order valence-corrected chi connectivity index (χ0v) is 13.6. The molecule has 2 N–H and O–H groups in total. The van der Waals surface area contributed by atoms with Crippen molar-refractivity contribution in [1.82, 2.24) is 20.3 Å². The van der Waals surface area contributed by atoms with Crippen LogP contribution in [0.2, 0.25) is 0 Å². The van der Waals surface area contributed by atoms with Crippen LogP contribution in [-0.2, 0) is 0 Å². The Kier molecular flexibility index (Phi) is 4.35. The summed E-state index contributed by atoms with van der Waals surface area (Å²) in [6, 6.07) is 12.2. The van der Waals surface area contributed by atoms with Gasteiger partial charge in [0.05, 0.1) is 11.7 Å². The molecule has 5 nitrogen and oxygen atoms in total. The molecule has 0 amide bonds. The second-order valence-electron chi connectivity index (χ2n) is 6.02. The number of halogens is 1. The third-order valence-corrected chi connectivity index (χ3v) is 4.19. The van der Waals surface area contributed by atoms with Gasteiger partial charge in [-0.25, -0.2) is 14.4 Å². The number of pyridine rings is 1. The average molecular weight is 335 g/mol. The maximum Gasteiger partial charge on any atom is 0.148 e. The van der Waals surface area contributed by atoms with E-state index in [2.05, 4.69) is 20.6 Å². The van der Waals surface area contributed by atoms with Crippen LogP contribution in [0.3, 0.4) is 0 Å². The number of anilines is 2. The summed E-state index contributed by atoms with van der Waals surface area (Å²) in [5.74, 6) is 1.12. The molecule has 126 valence electrons. The van der Waals surface area contributed by atoms with Gasteiger partial charge >= 0.3 is 0 Å². The summed E-state index contributed by atoms with van der Waals surface area (Å²) in [6.45, 7) is 0.972. The fourth-order valence-corrected chi connectivity index (χ4v) is 2.98. The van der Waals surface area contributed by atoms with E-state index in [4.69, 9.17) is 4.98 Å². The Morgan fingerprint density at radius 1 is 1.08 bits per heavy atom. The second kappa shape index (κ2) is 6.94. The molecule has 0 bridgehead atoms. The molecule has 4 rings (SSSR count). The molecule has 2 aromatic heterocycles. The summed E-state index contributed by atoms with van der Waals surface area (Å²) < 4.78 is 13.4. The summed E-state index contributed by atoms with van der Waals surface area (Å²) in [5.41, 5.74) is 2.45. The first-order valence-electron chi connectivity index (χ1n) is 8.33. The highest BCUT2D eigenvalue weighted by molar-refractivity contribution is 5.65. The average Bonchev–Trinajstić information content (AvgIpc) is 3.17. The normalized spacial score (nSPS) is 16.8. The van der Waals surface area contributed by atoms with E-state index in [1.54, 1.807) is 18.5 Å². The number of nitrogens with one attached hydrogen (secondary N) is 2. The maximum atomic E-state index is 13.4. The second-order valence-corrected chi connectivity index (χ2v) is 6.02.